The second-order valence-corrected chi connectivity index (χ2v) is 8.15. The van der Waals surface area contributed by atoms with Crippen LogP contribution >= 0.6 is 35.3 Å². The van der Waals surface area contributed by atoms with E-state index < -0.39 is 0 Å². The summed E-state index contributed by atoms with van der Waals surface area (Å²) in [5.41, 5.74) is 2.08. The molecule has 4 aromatic rings. The highest BCUT2D eigenvalue weighted by Gasteiger charge is 2.12. The number of aromatic nitrogens is 2. The second-order valence-electron chi connectivity index (χ2n) is 5.48. The molecule has 2 aromatic heterocycles. The monoisotopic (exact) mass is 380 g/mol. The summed E-state index contributed by atoms with van der Waals surface area (Å²) in [7, 11) is 0. The molecule has 2 aromatic carbocycles. The molecule has 0 saturated heterocycles. The van der Waals surface area contributed by atoms with Crippen molar-refractivity contribution in [3.8, 4) is 0 Å². The summed E-state index contributed by atoms with van der Waals surface area (Å²) in [6.45, 7) is 0. The standard InChI is InChI=1S/C20H16N2S3/c1-23-19-17(11-13-7-3-5-9-15(13)21-19)25-18-12-14-8-4-6-10-16(14)22-20(18)24-2/h3-12H,1-2H3. The van der Waals surface area contributed by atoms with E-state index in [1.807, 2.05) is 12.1 Å². The molecule has 0 radical (unpaired) electrons. The molecule has 5 heteroatoms. The van der Waals surface area contributed by atoms with Gasteiger partial charge in [-0.05, 0) is 36.8 Å². The SMILES string of the molecule is CSc1nc2ccccc2cc1Sc1cc2ccccc2nc1SC. The Hall–Kier alpha value is -1.69. The Morgan fingerprint density at radius 2 is 1.08 bits per heavy atom. The van der Waals surface area contributed by atoms with Crippen LogP contribution in [0.4, 0.5) is 0 Å². The lowest BCUT2D eigenvalue weighted by atomic mass is 10.2. The van der Waals surface area contributed by atoms with Crippen LogP contribution in [0.15, 0.2) is 80.5 Å². The third kappa shape index (κ3) is 3.36. The van der Waals surface area contributed by atoms with Crippen molar-refractivity contribution in [1.29, 1.82) is 0 Å². The molecule has 0 atom stereocenters. The molecular weight excluding hydrogens is 364 g/mol. The lowest BCUT2D eigenvalue weighted by Gasteiger charge is -2.11. The van der Waals surface area contributed by atoms with E-state index in [4.69, 9.17) is 9.97 Å². The van der Waals surface area contributed by atoms with Crippen LogP contribution in [-0.4, -0.2) is 22.5 Å². The molecule has 0 amide bonds. The zero-order chi connectivity index (χ0) is 17.2. The molecule has 2 nitrogen and oxygen atoms in total. The number of nitrogens with zero attached hydrogens (tertiary/aromatic N) is 2. The summed E-state index contributed by atoms with van der Waals surface area (Å²) in [5, 5.41) is 4.46. The molecule has 124 valence electrons. The number of thioether (sulfide) groups is 2. The third-order valence-corrected chi connectivity index (χ3v) is 6.64. The molecule has 0 aliphatic heterocycles. The van der Waals surface area contributed by atoms with Gasteiger partial charge in [0.1, 0.15) is 10.1 Å². The quantitative estimate of drug-likeness (QED) is 0.383. The van der Waals surface area contributed by atoms with E-state index in [2.05, 4.69) is 61.0 Å². The van der Waals surface area contributed by atoms with Gasteiger partial charge in [-0.15, -0.1) is 23.5 Å². The zero-order valence-electron chi connectivity index (χ0n) is 13.9. The number of fused-ring (bicyclic) bond motifs is 2. The van der Waals surface area contributed by atoms with Gasteiger partial charge >= 0.3 is 0 Å². The normalized spacial score (nSPS) is 11.3. The van der Waals surface area contributed by atoms with Gasteiger partial charge in [0.2, 0.25) is 0 Å². The first-order valence-electron chi connectivity index (χ1n) is 7.84. The van der Waals surface area contributed by atoms with Crippen molar-refractivity contribution in [2.45, 2.75) is 19.8 Å². The van der Waals surface area contributed by atoms with Gasteiger partial charge in [-0.2, -0.15) is 0 Å². The van der Waals surface area contributed by atoms with Gasteiger partial charge in [-0.3, -0.25) is 0 Å². The number of hydrogen-bond acceptors (Lipinski definition) is 5. The number of para-hydroxylation sites is 2. The number of pyridine rings is 2. The Balaban J connectivity index is 1.84. The summed E-state index contributed by atoms with van der Waals surface area (Å²) in [6.07, 6.45) is 4.16. The van der Waals surface area contributed by atoms with E-state index in [1.165, 1.54) is 20.6 Å². The first kappa shape index (κ1) is 16.8. The molecule has 25 heavy (non-hydrogen) atoms. The highest BCUT2D eigenvalue weighted by molar-refractivity contribution is 8.03. The Bertz CT molecular complexity index is 978. The van der Waals surface area contributed by atoms with E-state index in [-0.39, 0.29) is 0 Å². The van der Waals surface area contributed by atoms with Gasteiger partial charge in [-0.25, -0.2) is 9.97 Å². The summed E-state index contributed by atoms with van der Waals surface area (Å²) in [4.78, 5) is 12.0. The van der Waals surface area contributed by atoms with E-state index in [0.717, 1.165) is 21.1 Å². The van der Waals surface area contributed by atoms with Crippen molar-refractivity contribution in [3.05, 3.63) is 60.7 Å². The smallest absolute Gasteiger partial charge is 0.110 e. The highest BCUT2D eigenvalue weighted by Crippen LogP contribution is 2.40. The van der Waals surface area contributed by atoms with Crippen molar-refractivity contribution in [1.82, 2.24) is 9.97 Å². The van der Waals surface area contributed by atoms with Crippen molar-refractivity contribution >= 4 is 57.1 Å². The minimum absolute atomic E-state index is 1.04. The molecule has 0 bridgehead atoms. The van der Waals surface area contributed by atoms with Crippen LogP contribution in [0.5, 0.6) is 0 Å². The van der Waals surface area contributed by atoms with Gasteiger partial charge in [0.05, 0.1) is 11.0 Å². The molecular formula is C20H16N2S3. The largest absolute Gasteiger partial charge is 0.240 e. The summed E-state index contributed by atoms with van der Waals surface area (Å²) < 4.78 is 0. The van der Waals surface area contributed by atoms with Crippen LogP contribution in [0, 0.1) is 0 Å². The van der Waals surface area contributed by atoms with Crippen LogP contribution < -0.4 is 0 Å². The third-order valence-electron chi connectivity index (χ3n) is 3.92. The average Bonchev–Trinajstić information content (AvgIpc) is 2.66. The van der Waals surface area contributed by atoms with Gasteiger partial charge < -0.3 is 0 Å². The molecule has 0 saturated carbocycles. The molecule has 4 rings (SSSR count). The number of rotatable bonds is 4. The molecule has 0 N–H and O–H groups in total. The van der Waals surface area contributed by atoms with Crippen LogP contribution in [0.25, 0.3) is 21.8 Å². The van der Waals surface area contributed by atoms with E-state index in [0.29, 0.717) is 0 Å². The fourth-order valence-electron chi connectivity index (χ4n) is 2.71. The summed E-state index contributed by atoms with van der Waals surface area (Å²) >= 11 is 5.13. The van der Waals surface area contributed by atoms with E-state index in [9.17, 15) is 0 Å². The Kier molecular flexibility index (Phi) is 4.88. The van der Waals surface area contributed by atoms with Crippen molar-refractivity contribution < 1.29 is 0 Å². The first-order valence-corrected chi connectivity index (χ1v) is 11.1. The van der Waals surface area contributed by atoms with Gasteiger partial charge in [0.15, 0.2) is 0 Å². The zero-order valence-corrected chi connectivity index (χ0v) is 16.3. The van der Waals surface area contributed by atoms with Gasteiger partial charge in [0, 0.05) is 20.6 Å². The first-order chi connectivity index (χ1) is 12.3. The minimum atomic E-state index is 1.04. The van der Waals surface area contributed by atoms with Crippen molar-refractivity contribution in [3.63, 3.8) is 0 Å². The number of hydrogen-bond donors (Lipinski definition) is 0. The number of benzene rings is 2. The predicted octanol–water partition coefficient (Wildman–Crippen LogP) is 6.38. The van der Waals surface area contributed by atoms with Crippen LogP contribution in [0.3, 0.4) is 0 Å². The van der Waals surface area contributed by atoms with Gasteiger partial charge in [-0.1, -0.05) is 48.2 Å². The molecule has 2 heterocycles. The van der Waals surface area contributed by atoms with Crippen molar-refractivity contribution in [2.75, 3.05) is 12.5 Å². The molecule has 0 unspecified atom stereocenters. The highest BCUT2D eigenvalue weighted by atomic mass is 32.2. The Labute approximate surface area is 159 Å². The Morgan fingerprint density at radius 1 is 0.640 bits per heavy atom. The fraction of sp³-hybridized carbons (Fsp3) is 0.100. The van der Waals surface area contributed by atoms with Crippen LogP contribution in [0.2, 0.25) is 0 Å². The van der Waals surface area contributed by atoms with E-state index in [1.54, 1.807) is 35.3 Å². The maximum absolute atomic E-state index is 4.82. The van der Waals surface area contributed by atoms with Gasteiger partial charge in [0.25, 0.3) is 0 Å². The molecule has 0 spiro atoms. The second kappa shape index (κ2) is 7.28. The topological polar surface area (TPSA) is 25.8 Å². The minimum Gasteiger partial charge on any atom is -0.240 e. The van der Waals surface area contributed by atoms with Crippen LogP contribution in [-0.2, 0) is 0 Å². The Morgan fingerprint density at radius 3 is 1.52 bits per heavy atom. The molecule has 0 fully saturated rings. The van der Waals surface area contributed by atoms with Crippen LogP contribution in [0.1, 0.15) is 0 Å². The average molecular weight is 381 g/mol. The predicted molar refractivity (Wildman–Crippen MR) is 111 cm³/mol. The maximum Gasteiger partial charge on any atom is 0.110 e. The lowest BCUT2D eigenvalue weighted by Crippen LogP contribution is -1.90. The summed E-state index contributed by atoms with van der Waals surface area (Å²) in [5.74, 6) is 0. The fourth-order valence-corrected chi connectivity index (χ4v) is 5.24. The lowest BCUT2D eigenvalue weighted by molar-refractivity contribution is 1.05. The van der Waals surface area contributed by atoms with E-state index >= 15 is 0 Å². The summed E-state index contributed by atoms with van der Waals surface area (Å²) in [6, 6.07) is 21.0. The maximum atomic E-state index is 4.82. The molecule has 0 aliphatic rings. The molecule has 0 aliphatic carbocycles. The van der Waals surface area contributed by atoms with Crippen molar-refractivity contribution in [2.24, 2.45) is 0 Å².